The highest BCUT2D eigenvalue weighted by molar-refractivity contribution is 9.10. The van der Waals surface area contributed by atoms with Crippen LogP contribution in [0.15, 0.2) is 53.3 Å². The number of fused-ring (bicyclic) bond motifs is 3. The molecule has 28 heavy (non-hydrogen) atoms. The Bertz CT molecular complexity index is 1230. The van der Waals surface area contributed by atoms with Crippen molar-refractivity contribution in [2.45, 2.75) is 19.4 Å². The van der Waals surface area contributed by atoms with Crippen LogP contribution in [0.5, 0.6) is 0 Å². The zero-order chi connectivity index (χ0) is 19.3. The highest BCUT2D eigenvalue weighted by Crippen LogP contribution is 2.25. The molecule has 5 nitrogen and oxygen atoms in total. The Balaban J connectivity index is 1.41. The molecule has 0 unspecified atom stereocenters. The molecule has 5 rings (SSSR count). The molecule has 0 bridgehead atoms. The van der Waals surface area contributed by atoms with Crippen LogP contribution in [0.2, 0.25) is 0 Å². The first kappa shape index (κ1) is 17.4. The summed E-state index contributed by atoms with van der Waals surface area (Å²) in [6.45, 7) is 1.31. The van der Waals surface area contributed by atoms with Gasteiger partial charge in [0.15, 0.2) is 5.65 Å². The Morgan fingerprint density at radius 1 is 1.25 bits per heavy atom. The standard InChI is InChI=1S/C22H19BrN4O/c1-26-12-15(18-4-2-3-5-20(18)26)10-21(28)27-7-6-19-16(13-27)8-14-9-17(23)11-24-22(14)25-19/h2-5,8-9,11-12H,6-7,10,13H2,1H3. The van der Waals surface area contributed by atoms with Gasteiger partial charge in [-0.2, -0.15) is 0 Å². The van der Waals surface area contributed by atoms with Gasteiger partial charge in [-0.25, -0.2) is 9.97 Å². The van der Waals surface area contributed by atoms with Gasteiger partial charge in [-0.05, 0) is 45.3 Å². The Hall–Kier alpha value is -2.73. The van der Waals surface area contributed by atoms with Crippen molar-refractivity contribution in [1.29, 1.82) is 0 Å². The molecule has 0 radical (unpaired) electrons. The fourth-order valence-corrected chi connectivity index (χ4v) is 4.40. The highest BCUT2D eigenvalue weighted by atomic mass is 79.9. The Labute approximate surface area is 171 Å². The monoisotopic (exact) mass is 434 g/mol. The lowest BCUT2D eigenvalue weighted by atomic mass is 10.0. The molecule has 0 fully saturated rings. The van der Waals surface area contributed by atoms with Crippen LogP contribution in [0.25, 0.3) is 21.9 Å². The highest BCUT2D eigenvalue weighted by Gasteiger charge is 2.23. The molecule has 0 atom stereocenters. The lowest BCUT2D eigenvalue weighted by Gasteiger charge is -2.28. The second-order valence-electron chi connectivity index (χ2n) is 7.32. The van der Waals surface area contributed by atoms with Crippen LogP contribution in [0.4, 0.5) is 0 Å². The topological polar surface area (TPSA) is 51.0 Å². The molecule has 4 aromatic rings. The van der Waals surface area contributed by atoms with Crippen LogP contribution in [-0.2, 0) is 31.2 Å². The third-order valence-electron chi connectivity index (χ3n) is 5.46. The minimum absolute atomic E-state index is 0.162. The summed E-state index contributed by atoms with van der Waals surface area (Å²) in [5.41, 5.74) is 5.17. The van der Waals surface area contributed by atoms with E-state index in [9.17, 15) is 4.79 Å². The number of pyridine rings is 2. The number of hydrogen-bond donors (Lipinski definition) is 0. The Morgan fingerprint density at radius 2 is 2.11 bits per heavy atom. The van der Waals surface area contributed by atoms with Gasteiger partial charge in [-0.15, -0.1) is 0 Å². The average molecular weight is 435 g/mol. The molecule has 6 heteroatoms. The summed E-state index contributed by atoms with van der Waals surface area (Å²) in [7, 11) is 2.02. The van der Waals surface area contributed by atoms with Crippen molar-refractivity contribution in [3.05, 3.63) is 70.1 Å². The first-order valence-electron chi connectivity index (χ1n) is 9.33. The van der Waals surface area contributed by atoms with E-state index < -0.39 is 0 Å². The second-order valence-corrected chi connectivity index (χ2v) is 8.23. The Morgan fingerprint density at radius 3 is 3.00 bits per heavy atom. The van der Waals surface area contributed by atoms with Gasteiger partial charge < -0.3 is 9.47 Å². The first-order chi connectivity index (χ1) is 13.6. The summed E-state index contributed by atoms with van der Waals surface area (Å²) in [5, 5.41) is 2.15. The maximum absolute atomic E-state index is 13.0. The van der Waals surface area contributed by atoms with Crippen molar-refractivity contribution in [3.63, 3.8) is 0 Å². The number of aryl methyl sites for hydroxylation is 1. The van der Waals surface area contributed by atoms with Gasteiger partial charge in [0.05, 0.1) is 6.42 Å². The Kier molecular flexibility index (Phi) is 4.16. The van der Waals surface area contributed by atoms with Crippen LogP contribution < -0.4 is 0 Å². The molecule has 0 aliphatic carbocycles. The van der Waals surface area contributed by atoms with E-state index in [0.717, 1.165) is 49.7 Å². The molecule has 1 aliphatic rings. The van der Waals surface area contributed by atoms with E-state index in [1.54, 1.807) is 6.20 Å². The molecular weight excluding hydrogens is 416 g/mol. The van der Waals surface area contributed by atoms with Gasteiger partial charge in [-0.3, -0.25) is 4.79 Å². The average Bonchev–Trinajstić information content (AvgIpc) is 3.01. The molecule has 1 aromatic carbocycles. The van der Waals surface area contributed by atoms with Crippen LogP contribution in [0.3, 0.4) is 0 Å². The maximum Gasteiger partial charge on any atom is 0.227 e. The number of para-hydroxylation sites is 1. The van der Waals surface area contributed by atoms with Crippen LogP contribution in [0, 0.1) is 0 Å². The van der Waals surface area contributed by atoms with Gasteiger partial charge in [-0.1, -0.05) is 18.2 Å². The zero-order valence-corrected chi connectivity index (χ0v) is 17.1. The number of benzene rings is 1. The van der Waals surface area contributed by atoms with Gasteiger partial charge >= 0.3 is 0 Å². The van der Waals surface area contributed by atoms with Gasteiger partial charge in [0.1, 0.15) is 0 Å². The number of carbonyl (C=O) groups excluding carboxylic acids is 1. The molecule has 0 saturated heterocycles. The van der Waals surface area contributed by atoms with E-state index in [1.165, 1.54) is 0 Å². The number of aromatic nitrogens is 3. The third kappa shape index (κ3) is 2.98. The van der Waals surface area contributed by atoms with Crippen molar-refractivity contribution in [2.75, 3.05) is 6.54 Å². The second kappa shape index (κ2) is 6.71. The number of hydrogen-bond acceptors (Lipinski definition) is 3. The number of halogens is 1. The van der Waals surface area contributed by atoms with E-state index in [1.807, 2.05) is 30.1 Å². The van der Waals surface area contributed by atoms with Crippen LogP contribution >= 0.6 is 15.9 Å². The molecule has 0 spiro atoms. The molecular formula is C22H19BrN4O. The fourth-order valence-electron chi connectivity index (χ4n) is 4.05. The van der Waals surface area contributed by atoms with Gasteiger partial charge in [0.2, 0.25) is 5.91 Å². The van der Waals surface area contributed by atoms with Crippen LogP contribution in [0.1, 0.15) is 16.8 Å². The van der Waals surface area contributed by atoms with E-state index in [4.69, 9.17) is 4.98 Å². The predicted octanol–water partition coefficient (Wildman–Crippen LogP) is 4.01. The molecule has 1 aliphatic heterocycles. The normalized spacial score (nSPS) is 13.9. The minimum atomic E-state index is 0.162. The van der Waals surface area contributed by atoms with Crippen molar-refractivity contribution in [1.82, 2.24) is 19.4 Å². The lowest BCUT2D eigenvalue weighted by Crippen LogP contribution is -2.37. The third-order valence-corrected chi connectivity index (χ3v) is 5.89. The van der Waals surface area contributed by atoms with Crippen LogP contribution in [-0.4, -0.2) is 31.9 Å². The van der Waals surface area contributed by atoms with E-state index in [2.05, 4.69) is 49.9 Å². The lowest BCUT2D eigenvalue weighted by molar-refractivity contribution is -0.131. The fraction of sp³-hybridized carbons (Fsp3) is 0.227. The number of rotatable bonds is 2. The first-order valence-corrected chi connectivity index (χ1v) is 10.1. The number of carbonyl (C=O) groups is 1. The van der Waals surface area contributed by atoms with E-state index >= 15 is 0 Å². The molecule has 0 N–H and O–H groups in total. The molecule has 0 saturated carbocycles. The summed E-state index contributed by atoms with van der Waals surface area (Å²) in [6, 6.07) is 12.4. The van der Waals surface area contributed by atoms with E-state index in [0.29, 0.717) is 19.5 Å². The minimum Gasteiger partial charge on any atom is -0.350 e. The van der Waals surface area contributed by atoms with Crippen molar-refractivity contribution in [3.8, 4) is 0 Å². The summed E-state index contributed by atoms with van der Waals surface area (Å²) in [6.07, 6.45) is 5.03. The van der Waals surface area contributed by atoms with Crippen molar-refractivity contribution in [2.24, 2.45) is 7.05 Å². The molecule has 3 aromatic heterocycles. The number of nitrogens with zero attached hydrogens (tertiary/aromatic N) is 4. The summed E-state index contributed by atoms with van der Waals surface area (Å²) in [4.78, 5) is 24.1. The van der Waals surface area contributed by atoms with Gasteiger partial charge in [0, 0.05) is 65.4 Å². The quantitative estimate of drug-likeness (QED) is 0.478. The van der Waals surface area contributed by atoms with Crippen molar-refractivity contribution >= 4 is 43.8 Å². The van der Waals surface area contributed by atoms with E-state index in [-0.39, 0.29) is 5.91 Å². The van der Waals surface area contributed by atoms with Gasteiger partial charge in [0.25, 0.3) is 0 Å². The maximum atomic E-state index is 13.0. The smallest absolute Gasteiger partial charge is 0.227 e. The molecule has 140 valence electrons. The largest absolute Gasteiger partial charge is 0.350 e. The number of amides is 1. The predicted molar refractivity (Wildman–Crippen MR) is 113 cm³/mol. The summed E-state index contributed by atoms with van der Waals surface area (Å²) >= 11 is 3.47. The molecule has 1 amide bonds. The molecule has 4 heterocycles. The SMILES string of the molecule is Cn1cc(CC(=O)N2CCc3nc4ncc(Br)cc4cc3C2)c2ccccc21. The summed E-state index contributed by atoms with van der Waals surface area (Å²) < 4.78 is 3.02. The summed E-state index contributed by atoms with van der Waals surface area (Å²) in [5.74, 6) is 0.162. The van der Waals surface area contributed by atoms with Crippen molar-refractivity contribution < 1.29 is 4.79 Å². The zero-order valence-electron chi connectivity index (χ0n) is 15.5.